The quantitative estimate of drug-likeness (QED) is 0.424. The maximum atomic E-state index is 12.2. The van der Waals surface area contributed by atoms with E-state index in [9.17, 15) is 9.59 Å². The molecule has 9 heteroatoms. The number of aliphatic carboxylic acids is 1. The molecule has 2 aromatic carbocycles. The van der Waals surface area contributed by atoms with Crippen molar-refractivity contribution in [2.24, 2.45) is 5.10 Å². The van der Waals surface area contributed by atoms with Gasteiger partial charge in [0.1, 0.15) is 5.58 Å². The number of carboxylic acids is 1. The molecule has 3 rings (SSSR count). The van der Waals surface area contributed by atoms with Crippen molar-refractivity contribution in [2.45, 2.75) is 0 Å². The van der Waals surface area contributed by atoms with E-state index >= 15 is 0 Å². The SMILES string of the molecule is COc1cc(/C=N/NC(=O)c2cc3cc(Br)ccc3o2)ccc1OCC(=O)O. The number of amides is 1. The van der Waals surface area contributed by atoms with Crippen molar-refractivity contribution in [3.63, 3.8) is 0 Å². The third kappa shape index (κ3) is 4.68. The van der Waals surface area contributed by atoms with Gasteiger partial charge in [0.15, 0.2) is 23.9 Å². The Hall–Kier alpha value is -3.33. The summed E-state index contributed by atoms with van der Waals surface area (Å²) in [4.78, 5) is 22.8. The summed E-state index contributed by atoms with van der Waals surface area (Å²) < 4.78 is 16.7. The summed E-state index contributed by atoms with van der Waals surface area (Å²) in [7, 11) is 1.44. The molecule has 0 radical (unpaired) electrons. The van der Waals surface area contributed by atoms with Crippen LogP contribution in [-0.2, 0) is 4.79 Å². The summed E-state index contributed by atoms with van der Waals surface area (Å²) in [6.07, 6.45) is 1.42. The summed E-state index contributed by atoms with van der Waals surface area (Å²) in [5.41, 5.74) is 3.61. The van der Waals surface area contributed by atoms with E-state index in [-0.39, 0.29) is 5.76 Å². The van der Waals surface area contributed by atoms with Gasteiger partial charge in [0.2, 0.25) is 0 Å². The van der Waals surface area contributed by atoms with Crippen molar-refractivity contribution in [2.75, 3.05) is 13.7 Å². The van der Waals surface area contributed by atoms with Gasteiger partial charge < -0.3 is 19.0 Å². The molecule has 0 atom stereocenters. The van der Waals surface area contributed by atoms with Crippen LogP contribution in [0.4, 0.5) is 0 Å². The van der Waals surface area contributed by atoms with Crippen molar-refractivity contribution in [1.82, 2.24) is 5.43 Å². The second-order valence-electron chi connectivity index (χ2n) is 5.58. The topological polar surface area (TPSA) is 110 Å². The summed E-state index contributed by atoms with van der Waals surface area (Å²) in [5, 5.41) is 13.4. The molecular weight excluding hydrogens is 432 g/mol. The molecule has 0 aliphatic rings. The van der Waals surface area contributed by atoms with E-state index in [2.05, 4.69) is 26.5 Å². The van der Waals surface area contributed by atoms with Gasteiger partial charge in [-0.1, -0.05) is 15.9 Å². The number of benzene rings is 2. The maximum Gasteiger partial charge on any atom is 0.341 e. The van der Waals surface area contributed by atoms with E-state index in [1.54, 1.807) is 30.3 Å². The molecule has 0 spiro atoms. The highest BCUT2D eigenvalue weighted by Gasteiger charge is 2.12. The summed E-state index contributed by atoms with van der Waals surface area (Å²) in [6, 6.07) is 11.9. The number of carboxylic acid groups (broad SMARTS) is 1. The van der Waals surface area contributed by atoms with Gasteiger partial charge in [0.25, 0.3) is 0 Å². The third-order valence-corrected chi connectivity index (χ3v) is 4.11. The van der Waals surface area contributed by atoms with Crippen LogP contribution in [0, 0.1) is 0 Å². The van der Waals surface area contributed by atoms with Gasteiger partial charge in [-0.3, -0.25) is 4.79 Å². The van der Waals surface area contributed by atoms with Crippen LogP contribution in [0.2, 0.25) is 0 Å². The van der Waals surface area contributed by atoms with Gasteiger partial charge in [0, 0.05) is 9.86 Å². The van der Waals surface area contributed by atoms with E-state index in [4.69, 9.17) is 19.0 Å². The lowest BCUT2D eigenvalue weighted by Crippen LogP contribution is -2.16. The predicted molar refractivity (Wildman–Crippen MR) is 105 cm³/mol. The van der Waals surface area contributed by atoms with Crippen molar-refractivity contribution in [1.29, 1.82) is 0 Å². The highest BCUT2D eigenvalue weighted by molar-refractivity contribution is 9.10. The van der Waals surface area contributed by atoms with Gasteiger partial charge in [-0.2, -0.15) is 5.10 Å². The summed E-state index contributed by atoms with van der Waals surface area (Å²) in [5.74, 6) is -0.801. The zero-order chi connectivity index (χ0) is 20.1. The highest BCUT2D eigenvalue weighted by Crippen LogP contribution is 2.27. The normalized spacial score (nSPS) is 10.9. The van der Waals surface area contributed by atoms with E-state index in [1.807, 2.05) is 12.1 Å². The number of nitrogens with one attached hydrogen (secondary N) is 1. The van der Waals surface area contributed by atoms with E-state index in [0.29, 0.717) is 22.6 Å². The minimum Gasteiger partial charge on any atom is -0.493 e. The van der Waals surface area contributed by atoms with Crippen LogP contribution >= 0.6 is 15.9 Å². The third-order valence-electron chi connectivity index (χ3n) is 3.62. The minimum absolute atomic E-state index is 0.139. The van der Waals surface area contributed by atoms with Crippen molar-refractivity contribution >= 4 is 45.0 Å². The van der Waals surface area contributed by atoms with E-state index in [1.165, 1.54) is 13.3 Å². The lowest BCUT2D eigenvalue weighted by Gasteiger charge is -2.09. The zero-order valence-electron chi connectivity index (χ0n) is 14.6. The number of carbonyl (C=O) groups is 2. The van der Waals surface area contributed by atoms with Crippen LogP contribution in [0.3, 0.4) is 0 Å². The number of furan rings is 1. The number of rotatable bonds is 7. The first-order valence-electron chi connectivity index (χ1n) is 8.01. The van der Waals surface area contributed by atoms with Crippen LogP contribution in [0.1, 0.15) is 16.1 Å². The smallest absolute Gasteiger partial charge is 0.341 e. The van der Waals surface area contributed by atoms with Crippen molar-refractivity contribution < 1.29 is 28.6 Å². The Morgan fingerprint density at radius 3 is 2.79 bits per heavy atom. The molecule has 8 nitrogen and oxygen atoms in total. The largest absolute Gasteiger partial charge is 0.493 e. The fraction of sp³-hybridized carbons (Fsp3) is 0.105. The second kappa shape index (κ2) is 8.57. The molecule has 0 saturated heterocycles. The molecule has 144 valence electrons. The number of hydrogen-bond acceptors (Lipinski definition) is 6. The number of hydrogen-bond donors (Lipinski definition) is 2. The number of nitrogens with zero attached hydrogens (tertiary/aromatic N) is 1. The molecule has 0 aliphatic heterocycles. The Bertz CT molecular complexity index is 1060. The van der Waals surface area contributed by atoms with E-state index in [0.717, 1.165) is 9.86 Å². The van der Waals surface area contributed by atoms with Crippen LogP contribution in [-0.4, -0.2) is 36.9 Å². The van der Waals surface area contributed by atoms with Gasteiger partial charge in [-0.25, -0.2) is 10.2 Å². The first kappa shape index (κ1) is 19.4. The van der Waals surface area contributed by atoms with Crippen molar-refractivity contribution in [3.8, 4) is 11.5 Å². The van der Waals surface area contributed by atoms with Gasteiger partial charge in [-0.15, -0.1) is 0 Å². The summed E-state index contributed by atoms with van der Waals surface area (Å²) >= 11 is 3.37. The van der Waals surface area contributed by atoms with Gasteiger partial charge in [-0.05, 0) is 48.0 Å². The fourth-order valence-electron chi connectivity index (χ4n) is 2.37. The van der Waals surface area contributed by atoms with Crippen LogP contribution in [0.5, 0.6) is 11.5 Å². The summed E-state index contributed by atoms with van der Waals surface area (Å²) in [6.45, 7) is -0.478. The number of carbonyl (C=O) groups excluding carboxylic acids is 1. The molecule has 1 heterocycles. The maximum absolute atomic E-state index is 12.2. The first-order valence-corrected chi connectivity index (χ1v) is 8.80. The molecule has 2 N–H and O–H groups in total. The number of halogens is 1. The lowest BCUT2D eigenvalue weighted by molar-refractivity contribution is -0.139. The van der Waals surface area contributed by atoms with Crippen molar-refractivity contribution in [3.05, 3.63) is 58.3 Å². The number of ether oxygens (including phenoxy) is 2. The molecule has 0 fully saturated rings. The Morgan fingerprint density at radius 1 is 1.21 bits per heavy atom. The van der Waals surface area contributed by atoms with E-state index < -0.39 is 18.5 Å². The molecule has 3 aromatic rings. The first-order chi connectivity index (χ1) is 13.5. The average molecular weight is 447 g/mol. The number of hydrazone groups is 1. The molecule has 1 amide bonds. The molecule has 1 aromatic heterocycles. The minimum atomic E-state index is -1.09. The lowest BCUT2D eigenvalue weighted by atomic mass is 10.2. The monoisotopic (exact) mass is 446 g/mol. The van der Waals surface area contributed by atoms with Crippen LogP contribution < -0.4 is 14.9 Å². The highest BCUT2D eigenvalue weighted by atomic mass is 79.9. The second-order valence-corrected chi connectivity index (χ2v) is 6.50. The number of fused-ring (bicyclic) bond motifs is 1. The van der Waals surface area contributed by atoms with Gasteiger partial charge in [0.05, 0.1) is 13.3 Å². The number of methoxy groups -OCH3 is 1. The molecule has 0 aliphatic carbocycles. The zero-order valence-corrected chi connectivity index (χ0v) is 16.2. The molecule has 0 unspecified atom stereocenters. The Labute approximate surface area is 167 Å². The Morgan fingerprint density at radius 2 is 2.04 bits per heavy atom. The van der Waals surface area contributed by atoms with Gasteiger partial charge >= 0.3 is 11.9 Å². The Kier molecular flexibility index (Phi) is 5.95. The Balaban J connectivity index is 1.67. The molecule has 28 heavy (non-hydrogen) atoms. The molecule has 0 saturated carbocycles. The standard InChI is InChI=1S/C19H15BrN2O6/c1-26-16-6-11(2-4-15(16)27-10-18(23)24)9-21-22-19(25)17-8-12-7-13(20)3-5-14(12)28-17/h2-9H,10H2,1H3,(H,22,25)(H,23,24)/b21-9+. The molecular formula is C19H15BrN2O6. The molecule has 0 bridgehead atoms. The average Bonchev–Trinajstić information content (AvgIpc) is 3.09. The fourth-order valence-corrected chi connectivity index (χ4v) is 2.75. The van der Waals surface area contributed by atoms with Crippen LogP contribution in [0.15, 0.2) is 56.5 Å². The predicted octanol–water partition coefficient (Wildman–Crippen LogP) is 3.43. The van der Waals surface area contributed by atoms with Crippen LogP contribution in [0.25, 0.3) is 11.0 Å².